The van der Waals surface area contributed by atoms with E-state index in [-0.39, 0.29) is 11.9 Å². The number of amides is 1. The molecule has 0 spiro atoms. The van der Waals surface area contributed by atoms with Crippen molar-refractivity contribution >= 4 is 5.91 Å². The molecule has 1 fully saturated rings. The summed E-state index contributed by atoms with van der Waals surface area (Å²) in [5, 5.41) is 4.20. The van der Waals surface area contributed by atoms with Gasteiger partial charge in [0.15, 0.2) is 0 Å². The van der Waals surface area contributed by atoms with Crippen molar-refractivity contribution in [1.29, 1.82) is 0 Å². The van der Waals surface area contributed by atoms with Crippen LogP contribution >= 0.6 is 0 Å². The van der Waals surface area contributed by atoms with Crippen LogP contribution in [0.1, 0.15) is 37.3 Å². The van der Waals surface area contributed by atoms with E-state index in [0.29, 0.717) is 19.6 Å². The number of ether oxygens (including phenoxy) is 1. The van der Waals surface area contributed by atoms with Crippen LogP contribution in [0.2, 0.25) is 0 Å². The van der Waals surface area contributed by atoms with Gasteiger partial charge in [-0.15, -0.1) is 0 Å². The average molecular weight is 328 g/mol. The van der Waals surface area contributed by atoms with Crippen LogP contribution in [0.3, 0.4) is 0 Å². The van der Waals surface area contributed by atoms with Gasteiger partial charge in [-0.25, -0.2) is 9.67 Å². The third kappa shape index (κ3) is 4.64. The van der Waals surface area contributed by atoms with Gasteiger partial charge < -0.3 is 9.64 Å². The zero-order valence-electron chi connectivity index (χ0n) is 13.9. The summed E-state index contributed by atoms with van der Waals surface area (Å²) in [5.74, 6) is 0.211. The van der Waals surface area contributed by atoms with Crippen LogP contribution in [0.25, 0.3) is 0 Å². The fraction of sp³-hybridized carbons (Fsp3) is 0.500. The Bertz CT molecular complexity index is 615. The highest BCUT2D eigenvalue weighted by Gasteiger charge is 2.24. The monoisotopic (exact) mass is 328 g/mol. The van der Waals surface area contributed by atoms with E-state index in [4.69, 9.17) is 4.74 Å². The molecule has 1 aromatic carbocycles. The van der Waals surface area contributed by atoms with Crippen LogP contribution < -0.4 is 0 Å². The summed E-state index contributed by atoms with van der Waals surface area (Å²) in [6.45, 7) is 2.79. The molecule has 1 amide bonds. The molecule has 1 aromatic heterocycles. The van der Waals surface area contributed by atoms with Gasteiger partial charge in [0.25, 0.3) is 0 Å². The first-order valence-electron chi connectivity index (χ1n) is 8.56. The Morgan fingerprint density at radius 2 is 2.17 bits per heavy atom. The maximum absolute atomic E-state index is 12.4. The Balaban J connectivity index is 1.36. The molecule has 1 aliphatic rings. The Hall–Kier alpha value is -2.21. The van der Waals surface area contributed by atoms with Gasteiger partial charge in [-0.3, -0.25) is 4.79 Å². The lowest BCUT2D eigenvalue weighted by Gasteiger charge is -2.32. The fourth-order valence-corrected chi connectivity index (χ4v) is 3.05. The van der Waals surface area contributed by atoms with E-state index in [0.717, 1.165) is 37.9 Å². The minimum atomic E-state index is 0.211. The fourth-order valence-electron chi connectivity index (χ4n) is 3.05. The van der Waals surface area contributed by atoms with Crippen molar-refractivity contribution in [3.05, 3.63) is 48.5 Å². The summed E-state index contributed by atoms with van der Waals surface area (Å²) in [6, 6.07) is 10.3. The smallest absolute Gasteiger partial charge is 0.222 e. The molecule has 1 saturated heterocycles. The Labute approximate surface area is 142 Å². The lowest BCUT2D eigenvalue weighted by atomic mass is 10.1. The first-order valence-corrected chi connectivity index (χ1v) is 8.56. The van der Waals surface area contributed by atoms with Crippen molar-refractivity contribution in [3.8, 4) is 0 Å². The van der Waals surface area contributed by atoms with Crippen molar-refractivity contribution in [2.45, 2.75) is 38.3 Å². The summed E-state index contributed by atoms with van der Waals surface area (Å²) in [4.78, 5) is 18.3. The van der Waals surface area contributed by atoms with Gasteiger partial charge in [-0.2, -0.15) is 5.10 Å². The molecule has 3 rings (SSSR count). The molecule has 0 saturated carbocycles. The molecule has 2 aromatic rings. The number of aromatic nitrogens is 3. The highest BCUT2D eigenvalue weighted by molar-refractivity contribution is 5.76. The van der Waals surface area contributed by atoms with Crippen LogP contribution in [0.5, 0.6) is 0 Å². The van der Waals surface area contributed by atoms with Gasteiger partial charge >= 0.3 is 0 Å². The topological polar surface area (TPSA) is 60.2 Å². The van der Waals surface area contributed by atoms with E-state index in [2.05, 4.69) is 10.1 Å². The first-order chi connectivity index (χ1) is 11.8. The van der Waals surface area contributed by atoms with Crippen LogP contribution in [0.15, 0.2) is 43.0 Å². The SMILES string of the molecule is O=C(CCCOCc1ccccc1)N1CCC[C@H](n2cncn2)C1. The van der Waals surface area contributed by atoms with Gasteiger partial charge in [0.2, 0.25) is 5.91 Å². The Morgan fingerprint density at radius 1 is 1.29 bits per heavy atom. The maximum atomic E-state index is 12.4. The van der Waals surface area contributed by atoms with Crippen LogP contribution in [-0.4, -0.2) is 45.3 Å². The Kier molecular flexibility index (Phi) is 5.96. The van der Waals surface area contributed by atoms with Crippen molar-refractivity contribution in [3.63, 3.8) is 0 Å². The number of carbonyl (C=O) groups excluding carboxylic acids is 1. The molecule has 1 aliphatic heterocycles. The third-order valence-electron chi connectivity index (χ3n) is 4.35. The molecule has 0 bridgehead atoms. The second-order valence-corrected chi connectivity index (χ2v) is 6.15. The molecule has 24 heavy (non-hydrogen) atoms. The summed E-state index contributed by atoms with van der Waals surface area (Å²) >= 11 is 0. The van der Waals surface area contributed by atoms with Crippen molar-refractivity contribution in [2.24, 2.45) is 0 Å². The molecule has 0 aliphatic carbocycles. The van der Waals surface area contributed by atoms with Crippen molar-refractivity contribution in [1.82, 2.24) is 19.7 Å². The summed E-state index contributed by atoms with van der Waals surface area (Å²) in [7, 11) is 0. The van der Waals surface area contributed by atoms with Gasteiger partial charge in [-0.05, 0) is 24.8 Å². The average Bonchev–Trinajstić information content (AvgIpc) is 3.17. The number of carbonyl (C=O) groups is 1. The lowest BCUT2D eigenvalue weighted by molar-refractivity contribution is -0.133. The van der Waals surface area contributed by atoms with Crippen LogP contribution in [-0.2, 0) is 16.1 Å². The van der Waals surface area contributed by atoms with Crippen LogP contribution in [0.4, 0.5) is 0 Å². The first kappa shape index (κ1) is 16.6. The Morgan fingerprint density at radius 3 is 2.96 bits per heavy atom. The number of hydrogen-bond donors (Lipinski definition) is 0. The number of hydrogen-bond acceptors (Lipinski definition) is 4. The van der Waals surface area contributed by atoms with E-state index in [1.807, 2.05) is 39.9 Å². The standard InChI is InChI=1S/C18H24N4O2/c23-18(9-5-11-24-13-16-6-2-1-3-7-16)21-10-4-8-17(12-21)22-15-19-14-20-22/h1-3,6-7,14-15,17H,4-5,8-13H2/t17-/m0/s1. The largest absolute Gasteiger partial charge is 0.377 e. The normalized spacial score (nSPS) is 17.8. The molecule has 0 radical (unpaired) electrons. The molecule has 0 unspecified atom stereocenters. The second kappa shape index (κ2) is 8.59. The van der Waals surface area contributed by atoms with Crippen molar-refractivity contribution in [2.75, 3.05) is 19.7 Å². The number of benzene rings is 1. The minimum Gasteiger partial charge on any atom is -0.377 e. The number of nitrogens with zero attached hydrogens (tertiary/aromatic N) is 4. The maximum Gasteiger partial charge on any atom is 0.222 e. The van der Waals surface area contributed by atoms with E-state index >= 15 is 0 Å². The third-order valence-corrected chi connectivity index (χ3v) is 4.35. The predicted octanol–water partition coefficient (Wildman–Crippen LogP) is 2.44. The minimum absolute atomic E-state index is 0.211. The molecule has 128 valence electrons. The highest BCUT2D eigenvalue weighted by atomic mass is 16.5. The summed E-state index contributed by atoms with van der Waals surface area (Å²) in [6.07, 6.45) is 6.64. The molecule has 2 heterocycles. The molecular formula is C18H24N4O2. The van der Waals surface area contributed by atoms with Gasteiger partial charge in [0.05, 0.1) is 12.6 Å². The molecular weight excluding hydrogens is 304 g/mol. The number of rotatable bonds is 7. The van der Waals surface area contributed by atoms with Crippen LogP contribution in [0, 0.1) is 0 Å². The van der Waals surface area contributed by atoms with Crippen molar-refractivity contribution < 1.29 is 9.53 Å². The van der Waals surface area contributed by atoms with E-state index in [9.17, 15) is 4.79 Å². The molecule has 0 N–H and O–H groups in total. The molecule has 6 nitrogen and oxygen atoms in total. The summed E-state index contributed by atoms with van der Waals surface area (Å²) < 4.78 is 7.51. The van der Waals surface area contributed by atoms with Gasteiger partial charge in [0.1, 0.15) is 12.7 Å². The van der Waals surface area contributed by atoms with E-state index in [1.54, 1.807) is 12.7 Å². The number of likely N-dealkylation sites (tertiary alicyclic amines) is 1. The summed E-state index contributed by atoms with van der Waals surface area (Å²) in [5.41, 5.74) is 1.16. The molecule has 1 atom stereocenters. The highest BCUT2D eigenvalue weighted by Crippen LogP contribution is 2.21. The molecule has 6 heteroatoms. The van der Waals surface area contributed by atoms with Gasteiger partial charge in [0, 0.05) is 26.1 Å². The number of piperidine rings is 1. The van der Waals surface area contributed by atoms with E-state index in [1.165, 1.54) is 0 Å². The quantitative estimate of drug-likeness (QED) is 0.733. The van der Waals surface area contributed by atoms with E-state index < -0.39 is 0 Å². The zero-order valence-corrected chi connectivity index (χ0v) is 13.9. The predicted molar refractivity (Wildman–Crippen MR) is 90.2 cm³/mol. The zero-order chi connectivity index (χ0) is 16.6. The lowest BCUT2D eigenvalue weighted by Crippen LogP contribution is -2.40. The second-order valence-electron chi connectivity index (χ2n) is 6.15. The van der Waals surface area contributed by atoms with Gasteiger partial charge in [-0.1, -0.05) is 30.3 Å².